The van der Waals surface area contributed by atoms with Crippen LogP contribution in [0.15, 0.2) is 17.5 Å². The van der Waals surface area contributed by atoms with Crippen LogP contribution in [0.25, 0.3) is 0 Å². The van der Waals surface area contributed by atoms with Crippen LogP contribution >= 0.6 is 11.3 Å². The molecule has 0 bridgehead atoms. The number of amides is 2. The lowest BCUT2D eigenvalue weighted by Gasteiger charge is -2.04. The van der Waals surface area contributed by atoms with Crippen molar-refractivity contribution in [2.45, 2.75) is 13.0 Å². The lowest BCUT2D eigenvalue weighted by Crippen LogP contribution is -2.39. The molecular formula is C10H14N2O3S. The first-order valence-corrected chi connectivity index (χ1v) is 5.81. The van der Waals surface area contributed by atoms with Gasteiger partial charge in [0.05, 0.1) is 6.54 Å². The summed E-state index contributed by atoms with van der Waals surface area (Å²) in [6.45, 7) is 0.669. The van der Waals surface area contributed by atoms with Crippen LogP contribution < -0.4 is 10.6 Å². The first-order chi connectivity index (χ1) is 7.74. The third kappa shape index (κ3) is 4.41. The summed E-state index contributed by atoms with van der Waals surface area (Å²) in [5.41, 5.74) is 0. The van der Waals surface area contributed by atoms with E-state index in [0.29, 0.717) is 19.5 Å². The molecule has 1 heterocycles. The van der Waals surface area contributed by atoms with Crippen LogP contribution in [0.3, 0.4) is 0 Å². The van der Waals surface area contributed by atoms with Crippen LogP contribution in [-0.4, -0.2) is 30.1 Å². The Morgan fingerprint density at radius 2 is 2.06 bits per heavy atom. The molecule has 0 unspecified atom stereocenters. The number of thiophene rings is 1. The van der Waals surface area contributed by atoms with E-state index >= 15 is 0 Å². The summed E-state index contributed by atoms with van der Waals surface area (Å²) in [6.07, 6.45) is 0.448. The van der Waals surface area contributed by atoms with Gasteiger partial charge in [-0.3, -0.25) is 9.59 Å². The van der Waals surface area contributed by atoms with E-state index in [-0.39, 0.29) is 6.61 Å². The fraction of sp³-hybridized carbons (Fsp3) is 0.400. The molecular weight excluding hydrogens is 228 g/mol. The number of rotatable bonds is 5. The molecule has 0 aliphatic rings. The maximum Gasteiger partial charge on any atom is 0.309 e. The van der Waals surface area contributed by atoms with Gasteiger partial charge in [0, 0.05) is 18.0 Å². The average Bonchev–Trinajstić information content (AvgIpc) is 2.79. The molecule has 3 N–H and O–H groups in total. The summed E-state index contributed by atoms with van der Waals surface area (Å²) >= 11 is 1.52. The summed E-state index contributed by atoms with van der Waals surface area (Å²) in [4.78, 5) is 23.4. The van der Waals surface area contributed by atoms with Crippen molar-refractivity contribution in [2.24, 2.45) is 0 Å². The number of carbonyl (C=O) groups excluding carboxylic acids is 2. The Morgan fingerprint density at radius 3 is 2.69 bits per heavy atom. The van der Waals surface area contributed by atoms with E-state index in [9.17, 15) is 9.59 Å². The third-order valence-corrected chi connectivity index (χ3v) is 2.71. The molecule has 0 saturated carbocycles. The van der Waals surface area contributed by atoms with E-state index in [2.05, 4.69) is 10.6 Å². The van der Waals surface area contributed by atoms with Crippen molar-refractivity contribution in [2.75, 3.05) is 13.2 Å². The van der Waals surface area contributed by atoms with Crippen molar-refractivity contribution in [3.63, 3.8) is 0 Å². The number of aliphatic hydroxyl groups is 1. The molecule has 1 rings (SSSR count). The molecule has 1 aromatic rings. The highest BCUT2D eigenvalue weighted by molar-refractivity contribution is 7.09. The molecule has 0 aromatic carbocycles. The third-order valence-electron chi connectivity index (χ3n) is 1.83. The Morgan fingerprint density at radius 1 is 1.31 bits per heavy atom. The van der Waals surface area contributed by atoms with Crippen LogP contribution in [0.1, 0.15) is 11.3 Å². The second kappa shape index (κ2) is 6.97. The zero-order valence-electron chi connectivity index (χ0n) is 8.73. The van der Waals surface area contributed by atoms with E-state index < -0.39 is 11.8 Å². The number of aliphatic hydroxyl groups excluding tert-OH is 1. The van der Waals surface area contributed by atoms with Crippen LogP contribution in [0.2, 0.25) is 0 Å². The minimum Gasteiger partial charge on any atom is -0.396 e. The molecule has 0 aliphatic heterocycles. The first kappa shape index (κ1) is 12.7. The highest BCUT2D eigenvalue weighted by Gasteiger charge is 2.11. The zero-order valence-corrected chi connectivity index (χ0v) is 9.55. The Kier molecular flexibility index (Phi) is 5.52. The summed E-state index contributed by atoms with van der Waals surface area (Å²) in [5, 5.41) is 15.3. The minimum atomic E-state index is -0.662. The Bertz CT molecular complexity index is 338. The Labute approximate surface area is 97.5 Å². The van der Waals surface area contributed by atoms with Gasteiger partial charge in [-0.2, -0.15) is 0 Å². The molecule has 0 saturated heterocycles. The van der Waals surface area contributed by atoms with Crippen molar-refractivity contribution in [3.05, 3.63) is 22.4 Å². The normalized spacial score (nSPS) is 9.81. The van der Waals surface area contributed by atoms with Gasteiger partial charge in [-0.05, 0) is 17.9 Å². The van der Waals surface area contributed by atoms with Crippen molar-refractivity contribution in [1.29, 1.82) is 0 Å². The zero-order chi connectivity index (χ0) is 11.8. The van der Waals surface area contributed by atoms with E-state index in [1.807, 2.05) is 17.5 Å². The Hall–Kier alpha value is -1.40. The molecule has 1 aromatic heterocycles. The molecule has 2 amide bonds. The standard InChI is InChI=1S/C10H14N2O3S/c13-5-2-4-11-9(14)10(15)12-7-8-3-1-6-16-8/h1,3,6,13H,2,4-5,7H2,(H,11,14)(H,12,15). The first-order valence-electron chi connectivity index (χ1n) is 4.93. The highest BCUT2D eigenvalue weighted by Crippen LogP contribution is 2.06. The van der Waals surface area contributed by atoms with Gasteiger partial charge >= 0.3 is 11.8 Å². The predicted molar refractivity (Wildman–Crippen MR) is 60.9 cm³/mol. The molecule has 16 heavy (non-hydrogen) atoms. The summed E-state index contributed by atoms with van der Waals surface area (Å²) in [6, 6.07) is 3.77. The predicted octanol–water partition coefficient (Wildman–Crippen LogP) is -0.137. The van der Waals surface area contributed by atoms with Gasteiger partial charge < -0.3 is 15.7 Å². The van der Waals surface area contributed by atoms with Gasteiger partial charge in [0.2, 0.25) is 0 Å². The van der Waals surface area contributed by atoms with E-state index in [1.54, 1.807) is 0 Å². The molecule has 88 valence electrons. The van der Waals surface area contributed by atoms with E-state index in [1.165, 1.54) is 11.3 Å². The smallest absolute Gasteiger partial charge is 0.309 e. The van der Waals surface area contributed by atoms with Gasteiger partial charge in [-0.15, -0.1) is 11.3 Å². The van der Waals surface area contributed by atoms with Crippen LogP contribution in [0.5, 0.6) is 0 Å². The minimum absolute atomic E-state index is 0.00288. The molecule has 0 aliphatic carbocycles. The summed E-state index contributed by atoms with van der Waals surface area (Å²) in [5.74, 6) is -1.31. The average molecular weight is 242 g/mol. The summed E-state index contributed by atoms with van der Waals surface area (Å²) < 4.78 is 0. The SMILES string of the molecule is O=C(NCCCO)C(=O)NCc1cccs1. The largest absolute Gasteiger partial charge is 0.396 e. The van der Waals surface area contributed by atoms with Gasteiger partial charge in [-0.1, -0.05) is 6.07 Å². The van der Waals surface area contributed by atoms with Crippen molar-refractivity contribution < 1.29 is 14.7 Å². The Balaban J connectivity index is 2.21. The molecule has 0 spiro atoms. The van der Waals surface area contributed by atoms with Crippen molar-refractivity contribution in [3.8, 4) is 0 Å². The van der Waals surface area contributed by atoms with Gasteiger partial charge in [0.1, 0.15) is 0 Å². The highest BCUT2D eigenvalue weighted by atomic mass is 32.1. The number of nitrogens with one attached hydrogen (secondary N) is 2. The second-order valence-corrected chi connectivity index (χ2v) is 4.13. The van der Waals surface area contributed by atoms with Crippen LogP contribution in [0, 0.1) is 0 Å². The lowest BCUT2D eigenvalue weighted by molar-refractivity contribution is -0.139. The monoisotopic (exact) mass is 242 g/mol. The molecule has 0 atom stereocenters. The molecule has 5 nitrogen and oxygen atoms in total. The molecule has 0 radical (unpaired) electrons. The van der Waals surface area contributed by atoms with Crippen LogP contribution in [-0.2, 0) is 16.1 Å². The quantitative estimate of drug-likeness (QED) is 0.497. The van der Waals surface area contributed by atoms with Gasteiger partial charge in [0.25, 0.3) is 0 Å². The van der Waals surface area contributed by atoms with E-state index in [0.717, 1.165) is 4.88 Å². The molecule has 6 heteroatoms. The van der Waals surface area contributed by atoms with Gasteiger partial charge in [-0.25, -0.2) is 0 Å². The second-order valence-electron chi connectivity index (χ2n) is 3.10. The number of hydrogen-bond acceptors (Lipinski definition) is 4. The van der Waals surface area contributed by atoms with Crippen LogP contribution in [0.4, 0.5) is 0 Å². The maximum atomic E-state index is 11.3. The summed E-state index contributed by atoms with van der Waals surface area (Å²) in [7, 11) is 0. The van der Waals surface area contributed by atoms with Crippen molar-refractivity contribution >= 4 is 23.2 Å². The maximum absolute atomic E-state index is 11.3. The van der Waals surface area contributed by atoms with E-state index in [4.69, 9.17) is 5.11 Å². The number of hydrogen-bond donors (Lipinski definition) is 3. The fourth-order valence-corrected chi connectivity index (χ4v) is 1.67. The lowest BCUT2D eigenvalue weighted by atomic mass is 10.4. The van der Waals surface area contributed by atoms with Crippen molar-refractivity contribution in [1.82, 2.24) is 10.6 Å². The topological polar surface area (TPSA) is 78.4 Å². The van der Waals surface area contributed by atoms with Gasteiger partial charge in [0.15, 0.2) is 0 Å². The fourth-order valence-electron chi connectivity index (χ4n) is 1.02. The number of carbonyl (C=O) groups is 2. The molecule has 0 fully saturated rings.